The van der Waals surface area contributed by atoms with Crippen LogP contribution in [-0.2, 0) is 4.79 Å². The van der Waals surface area contributed by atoms with Crippen LogP contribution in [-0.4, -0.2) is 38.0 Å². The summed E-state index contributed by atoms with van der Waals surface area (Å²) in [5, 5.41) is 0. The number of carbonyl (C=O) groups is 1. The zero-order valence-electron chi connectivity index (χ0n) is 6.50. The van der Waals surface area contributed by atoms with Crippen molar-refractivity contribution in [1.29, 1.82) is 0 Å². The molecule has 0 aliphatic heterocycles. The van der Waals surface area contributed by atoms with E-state index in [4.69, 9.17) is 11.5 Å². The summed E-state index contributed by atoms with van der Waals surface area (Å²) in [6.07, 6.45) is 0. The van der Waals surface area contributed by atoms with E-state index in [1.54, 1.807) is 0 Å². The predicted molar refractivity (Wildman–Crippen MR) is 40.3 cm³/mol. The second-order valence-electron chi connectivity index (χ2n) is 2.60. The highest BCUT2D eigenvalue weighted by Gasteiger charge is 2.12. The van der Waals surface area contributed by atoms with Crippen molar-refractivity contribution in [2.45, 2.75) is 0 Å². The van der Waals surface area contributed by atoms with Crippen LogP contribution in [0.3, 0.4) is 0 Å². The molecule has 60 valence electrons. The number of nitrogens with two attached hydrogens (primary N) is 2. The number of amides is 1. The Morgan fingerprint density at radius 2 is 2.10 bits per heavy atom. The van der Waals surface area contributed by atoms with Gasteiger partial charge in [-0.05, 0) is 14.1 Å². The third-order valence-corrected chi connectivity index (χ3v) is 1.27. The first-order valence-electron chi connectivity index (χ1n) is 3.22. The topological polar surface area (TPSA) is 72.3 Å². The van der Waals surface area contributed by atoms with Gasteiger partial charge in [0.25, 0.3) is 0 Å². The third kappa shape index (κ3) is 3.42. The average molecular weight is 145 g/mol. The Bertz CT molecular complexity index is 114. The molecule has 0 aromatic heterocycles. The van der Waals surface area contributed by atoms with E-state index in [0.29, 0.717) is 13.1 Å². The SMILES string of the molecule is CN(C)CC(CN)C(N)=O. The molecule has 4 nitrogen and oxygen atoms in total. The zero-order chi connectivity index (χ0) is 8.15. The zero-order valence-corrected chi connectivity index (χ0v) is 6.50. The van der Waals surface area contributed by atoms with E-state index in [9.17, 15) is 4.79 Å². The van der Waals surface area contributed by atoms with Crippen LogP contribution in [0.1, 0.15) is 0 Å². The number of rotatable bonds is 4. The molecule has 4 heteroatoms. The number of hydrogen-bond donors (Lipinski definition) is 2. The lowest BCUT2D eigenvalue weighted by Crippen LogP contribution is -2.37. The molecule has 0 saturated heterocycles. The van der Waals surface area contributed by atoms with Crippen molar-refractivity contribution in [3.63, 3.8) is 0 Å². The molecule has 0 spiro atoms. The maximum absolute atomic E-state index is 10.6. The molecule has 0 aliphatic rings. The lowest BCUT2D eigenvalue weighted by Gasteiger charge is -2.15. The Morgan fingerprint density at radius 3 is 2.20 bits per heavy atom. The van der Waals surface area contributed by atoms with E-state index in [1.165, 1.54) is 0 Å². The second kappa shape index (κ2) is 4.24. The maximum Gasteiger partial charge on any atom is 0.223 e. The summed E-state index contributed by atoms with van der Waals surface area (Å²) >= 11 is 0. The van der Waals surface area contributed by atoms with Gasteiger partial charge >= 0.3 is 0 Å². The summed E-state index contributed by atoms with van der Waals surface area (Å²) in [4.78, 5) is 12.5. The molecule has 4 N–H and O–H groups in total. The van der Waals surface area contributed by atoms with Crippen molar-refractivity contribution in [3.05, 3.63) is 0 Å². The van der Waals surface area contributed by atoms with Gasteiger partial charge < -0.3 is 16.4 Å². The molecule has 10 heavy (non-hydrogen) atoms. The summed E-state index contributed by atoms with van der Waals surface area (Å²) in [6, 6.07) is 0. The molecule has 0 heterocycles. The summed E-state index contributed by atoms with van der Waals surface area (Å²) in [5.41, 5.74) is 10.3. The summed E-state index contributed by atoms with van der Waals surface area (Å²) in [7, 11) is 3.76. The van der Waals surface area contributed by atoms with Crippen molar-refractivity contribution in [2.24, 2.45) is 17.4 Å². The van der Waals surface area contributed by atoms with Gasteiger partial charge in [0.15, 0.2) is 0 Å². The molecule has 0 fully saturated rings. The van der Waals surface area contributed by atoms with Crippen LogP contribution in [0, 0.1) is 5.92 Å². The molecular formula is C6H15N3O. The normalized spacial score (nSPS) is 13.6. The van der Waals surface area contributed by atoms with Gasteiger partial charge in [0, 0.05) is 13.1 Å². The van der Waals surface area contributed by atoms with Gasteiger partial charge in [-0.1, -0.05) is 0 Å². The number of carbonyl (C=O) groups excluding carboxylic acids is 1. The Labute approximate surface area is 61.2 Å². The number of hydrogen-bond acceptors (Lipinski definition) is 3. The lowest BCUT2D eigenvalue weighted by atomic mass is 10.1. The Balaban J connectivity index is 3.72. The molecule has 0 bridgehead atoms. The fourth-order valence-corrected chi connectivity index (χ4v) is 0.721. The van der Waals surface area contributed by atoms with Gasteiger partial charge in [0.2, 0.25) is 5.91 Å². The van der Waals surface area contributed by atoms with Crippen molar-refractivity contribution < 1.29 is 4.79 Å². The quantitative estimate of drug-likeness (QED) is 0.511. The highest BCUT2D eigenvalue weighted by atomic mass is 16.1. The molecule has 0 radical (unpaired) electrons. The Hall–Kier alpha value is -0.610. The first-order chi connectivity index (χ1) is 4.57. The van der Waals surface area contributed by atoms with Crippen molar-refractivity contribution in [1.82, 2.24) is 4.90 Å². The van der Waals surface area contributed by atoms with Crippen LogP contribution < -0.4 is 11.5 Å². The monoisotopic (exact) mass is 145 g/mol. The van der Waals surface area contributed by atoms with Crippen LogP contribution in [0.5, 0.6) is 0 Å². The minimum absolute atomic E-state index is 0.213. The molecule has 0 aromatic carbocycles. The molecule has 0 aliphatic carbocycles. The summed E-state index contributed by atoms with van der Waals surface area (Å²) < 4.78 is 0. The summed E-state index contributed by atoms with van der Waals surface area (Å²) in [6.45, 7) is 0.958. The largest absolute Gasteiger partial charge is 0.369 e. The van der Waals surface area contributed by atoms with E-state index in [2.05, 4.69) is 0 Å². The maximum atomic E-state index is 10.6. The molecular weight excluding hydrogens is 130 g/mol. The number of nitrogens with zero attached hydrogens (tertiary/aromatic N) is 1. The van der Waals surface area contributed by atoms with Gasteiger partial charge in [0.1, 0.15) is 0 Å². The first kappa shape index (κ1) is 9.39. The third-order valence-electron chi connectivity index (χ3n) is 1.27. The van der Waals surface area contributed by atoms with Crippen LogP contribution in [0.25, 0.3) is 0 Å². The van der Waals surface area contributed by atoms with Gasteiger partial charge in [0.05, 0.1) is 5.92 Å². The van der Waals surface area contributed by atoms with E-state index in [0.717, 1.165) is 0 Å². The van der Waals surface area contributed by atoms with Crippen LogP contribution in [0.15, 0.2) is 0 Å². The van der Waals surface area contributed by atoms with Gasteiger partial charge in [-0.25, -0.2) is 0 Å². The molecule has 1 unspecified atom stereocenters. The van der Waals surface area contributed by atoms with Crippen LogP contribution >= 0.6 is 0 Å². The van der Waals surface area contributed by atoms with Crippen molar-refractivity contribution >= 4 is 5.91 Å². The van der Waals surface area contributed by atoms with Crippen molar-refractivity contribution in [2.75, 3.05) is 27.2 Å². The summed E-state index contributed by atoms with van der Waals surface area (Å²) in [5.74, 6) is -0.536. The molecule has 1 amide bonds. The van der Waals surface area contributed by atoms with Gasteiger partial charge in [-0.3, -0.25) is 4.79 Å². The van der Waals surface area contributed by atoms with E-state index >= 15 is 0 Å². The van der Waals surface area contributed by atoms with Gasteiger partial charge in [-0.2, -0.15) is 0 Å². The van der Waals surface area contributed by atoms with E-state index in [-0.39, 0.29) is 11.8 Å². The van der Waals surface area contributed by atoms with E-state index < -0.39 is 0 Å². The molecule has 0 aromatic rings. The Kier molecular flexibility index (Phi) is 3.99. The lowest BCUT2D eigenvalue weighted by molar-refractivity contribution is -0.121. The van der Waals surface area contributed by atoms with Crippen LogP contribution in [0.2, 0.25) is 0 Å². The fourth-order valence-electron chi connectivity index (χ4n) is 0.721. The number of primary amides is 1. The van der Waals surface area contributed by atoms with Crippen molar-refractivity contribution in [3.8, 4) is 0 Å². The highest BCUT2D eigenvalue weighted by Crippen LogP contribution is 1.92. The standard InChI is InChI=1S/C6H15N3O/c1-9(2)4-5(3-7)6(8)10/h5H,3-4,7H2,1-2H3,(H2,8,10). The van der Waals surface area contributed by atoms with Gasteiger partial charge in [-0.15, -0.1) is 0 Å². The first-order valence-corrected chi connectivity index (χ1v) is 3.22. The minimum atomic E-state index is -0.323. The second-order valence-corrected chi connectivity index (χ2v) is 2.60. The van der Waals surface area contributed by atoms with E-state index in [1.807, 2.05) is 19.0 Å². The average Bonchev–Trinajstić information content (AvgIpc) is 1.81. The highest BCUT2D eigenvalue weighted by molar-refractivity contribution is 5.77. The molecule has 0 saturated carbocycles. The Morgan fingerprint density at radius 1 is 1.60 bits per heavy atom. The molecule has 1 atom stereocenters. The smallest absolute Gasteiger partial charge is 0.223 e. The van der Waals surface area contributed by atoms with Crippen LogP contribution in [0.4, 0.5) is 0 Å². The predicted octanol–water partition coefficient (Wildman–Crippen LogP) is -1.39. The minimum Gasteiger partial charge on any atom is -0.369 e. The fraction of sp³-hybridized carbons (Fsp3) is 0.833. The molecule has 0 rings (SSSR count).